The third kappa shape index (κ3) is 4.48. The number of methoxy groups -OCH3 is 1. The van der Waals surface area contributed by atoms with Crippen molar-refractivity contribution in [1.82, 2.24) is 24.5 Å². The molecule has 0 aromatic carbocycles. The normalized spacial score (nSPS) is 24.1. The number of fused-ring (bicyclic) bond motifs is 1. The van der Waals surface area contributed by atoms with E-state index in [4.69, 9.17) is 4.74 Å². The smallest absolute Gasteiger partial charge is 0.274 e. The monoisotopic (exact) mass is 481 g/mol. The topological polar surface area (TPSA) is 135 Å². The highest BCUT2D eigenvalue weighted by atomic mass is 16.5. The van der Waals surface area contributed by atoms with E-state index in [9.17, 15) is 14.7 Å². The SMILES string of the molecule is CNc1cc(Nc2cccn([C@H]3CCCC(OC)C3)c2=O)nc2c(C(=O)N[C@H]3CC[C@@H]3O)cnn12. The van der Waals surface area contributed by atoms with E-state index in [1.807, 2.05) is 12.3 Å². The fraction of sp³-hybridized carbons (Fsp3) is 0.500. The maximum Gasteiger partial charge on any atom is 0.274 e. The standard InChI is InChI=1S/C24H31N7O4/c1-25-21-12-20(29-22-16(13-26-31(21)22)23(33)28-17-8-9-19(17)32)27-18-7-4-10-30(24(18)34)14-5-3-6-15(11-14)35-2/h4,7,10,12-15,17,19,25,32H,3,5-6,8-9,11H2,1-2H3,(H,27,29)(H,28,33)/t14-,15?,17-,19-/m0/s1. The van der Waals surface area contributed by atoms with Crippen LogP contribution in [0.2, 0.25) is 0 Å². The number of anilines is 3. The van der Waals surface area contributed by atoms with Crippen LogP contribution in [0, 0.1) is 0 Å². The number of hydrogen-bond acceptors (Lipinski definition) is 8. The first kappa shape index (κ1) is 23.3. The molecule has 35 heavy (non-hydrogen) atoms. The molecule has 3 aromatic rings. The van der Waals surface area contributed by atoms with Crippen molar-refractivity contribution < 1.29 is 14.6 Å². The number of rotatable bonds is 7. The Hall–Kier alpha value is -3.44. The first-order chi connectivity index (χ1) is 17.0. The van der Waals surface area contributed by atoms with Crippen molar-refractivity contribution in [2.24, 2.45) is 0 Å². The van der Waals surface area contributed by atoms with Crippen LogP contribution in [0.4, 0.5) is 17.3 Å². The van der Waals surface area contributed by atoms with Gasteiger partial charge in [0.25, 0.3) is 11.5 Å². The number of ether oxygens (including phenoxy) is 1. The summed E-state index contributed by atoms with van der Waals surface area (Å²) in [7, 11) is 3.46. The molecule has 11 nitrogen and oxygen atoms in total. The Morgan fingerprint density at radius 1 is 1.26 bits per heavy atom. The van der Waals surface area contributed by atoms with Gasteiger partial charge < -0.3 is 30.4 Å². The third-order valence-electron chi connectivity index (χ3n) is 7.09. The third-order valence-corrected chi connectivity index (χ3v) is 7.09. The minimum absolute atomic E-state index is 0.0817. The van der Waals surface area contributed by atoms with Gasteiger partial charge in [-0.2, -0.15) is 9.61 Å². The van der Waals surface area contributed by atoms with E-state index in [0.717, 1.165) is 32.1 Å². The van der Waals surface area contributed by atoms with Gasteiger partial charge in [0.2, 0.25) is 0 Å². The summed E-state index contributed by atoms with van der Waals surface area (Å²) in [5, 5.41) is 23.2. The molecular weight excluding hydrogens is 450 g/mol. The minimum Gasteiger partial charge on any atom is -0.391 e. The summed E-state index contributed by atoms with van der Waals surface area (Å²) in [5.74, 6) is 0.669. The molecule has 186 valence electrons. The zero-order chi connectivity index (χ0) is 24.5. The van der Waals surface area contributed by atoms with E-state index in [1.54, 1.807) is 30.9 Å². The average Bonchev–Trinajstić information content (AvgIpc) is 3.31. The molecule has 2 saturated carbocycles. The molecule has 11 heteroatoms. The molecule has 2 aliphatic carbocycles. The molecule has 0 saturated heterocycles. The molecule has 2 fully saturated rings. The quantitative estimate of drug-likeness (QED) is 0.403. The molecule has 3 aromatic heterocycles. The second-order valence-corrected chi connectivity index (χ2v) is 9.23. The van der Waals surface area contributed by atoms with E-state index >= 15 is 0 Å². The van der Waals surface area contributed by atoms with Gasteiger partial charge >= 0.3 is 0 Å². The van der Waals surface area contributed by atoms with Crippen molar-refractivity contribution in [3.63, 3.8) is 0 Å². The lowest BCUT2D eigenvalue weighted by Crippen LogP contribution is -2.50. The summed E-state index contributed by atoms with van der Waals surface area (Å²) < 4.78 is 8.84. The van der Waals surface area contributed by atoms with Gasteiger partial charge in [-0.1, -0.05) is 0 Å². The maximum atomic E-state index is 13.3. The highest BCUT2D eigenvalue weighted by Gasteiger charge is 2.31. The summed E-state index contributed by atoms with van der Waals surface area (Å²) in [6.07, 6.45) is 8.09. The Balaban J connectivity index is 1.44. The molecule has 4 atom stereocenters. The average molecular weight is 482 g/mol. The lowest BCUT2D eigenvalue weighted by Gasteiger charge is -2.32. The molecule has 0 bridgehead atoms. The molecule has 0 radical (unpaired) electrons. The van der Waals surface area contributed by atoms with Gasteiger partial charge in [-0.25, -0.2) is 4.98 Å². The number of pyridine rings is 1. The highest BCUT2D eigenvalue weighted by Crippen LogP contribution is 2.29. The minimum atomic E-state index is -0.526. The first-order valence-corrected chi connectivity index (χ1v) is 12.0. The number of nitrogens with zero attached hydrogens (tertiary/aromatic N) is 4. The van der Waals surface area contributed by atoms with E-state index in [1.165, 1.54) is 10.7 Å². The molecule has 5 rings (SSSR count). The van der Waals surface area contributed by atoms with Gasteiger partial charge in [0.1, 0.15) is 22.9 Å². The Labute approximate surface area is 202 Å². The molecule has 0 aliphatic heterocycles. The van der Waals surface area contributed by atoms with Crippen molar-refractivity contribution >= 4 is 28.9 Å². The summed E-state index contributed by atoms with van der Waals surface area (Å²) >= 11 is 0. The Morgan fingerprint density at radius 2 is 2.11 bits per heavy atom. The number of carbonyl (C=O) groups excluding carboxylic acids is 1. The largest absolute Gasteiger partial charge is 0.391 e. The second-order valence-electron chi connectivity index (χ2n) is 9.23. The number of hydrogen-bond donors (Lipinski definition) is 4. The van der Waals surface area contributed by atoms with Gasteiger partial charge in [0.15, 0.2) is 5.65 Å². The van der Waals surface area contributed by atoms with Crippen molar-refractivity contribution in [2.45, 2.75) is 62.8 Å². The molecule has 4 N–H and O–H groups in total. The number of aliphatic hydroxyl groups excluding tert-OH is 1. The predicted molar refractivity (Wildman–Crippen MR) is 131 cm³/mol. The van der Waals surface area contributed by atoms with Crippen LogP contribution < -0.4 is 21.5 Å². The van der Waals surface area contributed by atoms with Crippen LogP contribution in [0.5, 0.6) is 0 Å². The van der Waals surface area contributed by atoms with E-state index in [-0.39, 0.29) is 29.7 Å². The number of aromatic nitrogens is 4. The van der Waals surface area contributed by atoms with Gasteiger partial charge in [0.05, 0.1) is 24.4 Å². The molecule has 1 unspecified atom stereocenters. The van der Waals surface area contributed by atoms with Crippen LogP contribution in [0.25, 0.3) is 5.65 Å². The van der Waals surface area contributed by atoms with Crippen molar-refractivity contribution in [2.75, 3.05) is 24.8 Å². The van der Waals surface area contributed by atoms with Crippen LogP contribution in [0.3, 0.4) is 0 Å². The van der Waals surface area contributed by atoms with Crippen molar-refractivity contribution in [1.29, 1.82) is 0 Å². The van der Waals surface area contributed by atoms with Gasteiger partial charge in [-0.05, 0) is 50.7 Å². The second kappa shape index (κ2) is 9.67. The summed E-state index contributed by atoms with van der Waals surface area (Å²) in [6.45, 7) is 0. The summed E-state index contributed by atoms with van der Waals surface area (Å²) in [5.41, 5.74) is 0.904. The maximum absolute atomic E-state index is 13.3. The van der Waals surface area contributed by atoms with Crippen LogP contribution in [-0.2, 0) is 4.74 Å². The lowest BCUT2D eigenvalue weighted by atomic mass is 9.89. The van der Waals surface area contributed by atoms with Crippen LogP contribution in [0.15, 0.2) is 35.4 Å². The van der Waals surface area contributed by atoms with Gasteiger partial charge in [0, 0.05) is 32.5 Å². The predicted octanol–water partition coefficient (Wildman–Crippen LogP) is 2.06. The van der Waals surface area contributed by atoms with E-state index in [0.29, 0.717) is 35.0 Å². The van der Waals surface area contributed by atoms with Crippen molar-refractivity contribution in [3.05, 3.63) is 46.5 Å². The molecule has 0 spiro atoms. The molecule has 1 amide bonds. The fourth-order valence-electron chi connectivity index (χ4n) is 4.88. The number of amides is 1. The zero-order valence-corrected chi connectivity index (χ0v) is 19.9. The van der Waals surface area contributed by atoms with Crippen LogP contribution in [0.1, 0.15) is 54.9 Å². The molecule has 3 heterocycles. The van der Waals surface area contributed by atoms with Gasteiger partial charge in [-0.15, -0.1) is 0 Å². The van der Waals surface area contributed by atoms with Crippen LogP contribution >= 0.6 is 0 Å². The first-order valence-electron chi connectivity index (χ1n) is 12.0. The van der Waals surface area contributed by atoms with Crippen molar-refractivity contribution in [3.8, 4) is 0 Å². The number of nitrogens with one attached hydrogen (secondary N) is 3. The van der Waals surface area contributed by atoms with Gasteiger partial charge in [-0.3, -0.25) is 9.59 Å². The molecule has 2 aliphatic rings. The Kier molecular flexibility index (Phi) is 6.44. The Morgan fingerprint density at radius 3 is 2.83 bits per heavy atom. The lowest BCUT2D eigenvalue weighted by molar-refractivity contribution is 0.0448. The zero-order valence-electron chi connectivity index (χ0n) is 19.9. The van der Waals surface area contributed by atoms with E-state index < -0.39 is 6.10 Å². The Bertz CT molecular complexity index is 1290. The highest BCUT2D eigenvalue weighted by molar-refractivity contribution is 6.00. The fourth-order valence-corrected chi connectivity index (χ4v) is 4.88. The molecular formula is C24H31N7O4. The number of carbonyl (C=O) groups is 1. The van der Waals surface area contributed by atoms with Crippen LogP contribution in [-0.4, -0.2) is 62.6 Å². The summed E-state index contributed by atoms with van der Waals surface area (Å²) in [6, 6.07) is 5.12. The van der Waals surface area contributed by atoms with E-state index in [2.05, 4.69) is 26.0 Å². The summed E-state index contributed by atoms with van der Waals surface area (Å²) in [4.78, 5) is 30.8. The number of aliphatic hydroxyl groups is 1.